The number of carbonyl (C=O) groups is 1. The number of hydrogen-bond acceptors (Lipinski definition) is 6. The van der Waals surface area contributed by atoms with Crippen LogP contribution in [0.3, 0.4) is 0 Å². The van der Waals surface area contributed by atoms with Crippen molar-refractivity contribution in [3.63, 3.8) is 0 Å². The number of anilines is 1. The number of hydrogen-bond donors (Lipinski definition) is 3. The zero-order valence-electron chi connectivity index (χ0n) is 10.8. The maximum absolute atomic E-state index is 12.0. The highest BCUT2D eigenvalue weighted by atomic mass is 32.2. The van der Waals surface area contributed by atoms with Gasteiger partial charge in [-0.05, 0) is 19.1 Å². The van der Waals surface area contributed by atoms with E-state index in [4.69, 9.17) is 5.73 Å². The first kappa shape index (κ1) is 15.9. The van der Waals surface area contributed by atoms with Crippen LogP contribution in [0.2, 0.25) is 0 Å². The van der Waals surface area contributed by atoms with Crippen LogP contribution in [0.4, 0.5) is 11.4 Å². The zero-order chi connectivity index (χ0) is 15.5. The summed E-state index contributed by atoms with van der Waals surface area (Å²) in [6, 6.07) is 2.36. The van der Waals surface area contributed by atoms with Crippen LogP contribution in [0.1, 0.15) is 6.92 Å². The minimum Gasteiger partial charge on any atom is -0.388 e. The van der Waals surface area contributed by atoms with Crippen molar-refractivity contribution in [2.45, 2.75) is 17.9 Å². The van der Waals surface area contributed by atoms with Gasteiger partial charge in [0.15, 0.2) is 4.90 Å². The molecule has 1 amide bonds. The van der Waals surface area contributed by atoms with Gasteiger partial charge in [0.05, 0.1) is 11.0 Å². The van der Waals surface area contributed by atoms with E-state index in [2.05, 4.69) is 5.32 Å². The third kappa shape index (κ3) is 3.42. The van der Waals surface area contributed by atoms with E-state index in [1.54, 1.807) is 7.05 Å². The lowest BCUT2D eigenvalue weighted by molar-refractivity contribution is -0.387. The molecule has 9 nitrogen and oxygen atoms in total. The Morgan fingerprint density at radius 1 is 1.45 bits per heavy atom. The molecule has 1 aromatic carbocycles. The summed E-state index contributed by atoms with van der Waals surface area (Å²) >= 11 is 0. The van der Waals surface area contributed by atoms with Crippen molar-refractivity contribution in [3.05, 3.63) is 28.3 Å². The van der Waals surface area contributed by atoms with Crippen molar-refractivity contribution in [2.24, 2.45) is 5.73 Å². The molecule has 20 heavy (non-hydrogen) atoms. The van der Waals surface area contributed by atoms with Crippen molar-refractivity contribution in [2.75, 3.05) is 12.4 Å². The fourth-order valence-electron chi connectivity index (χ4n) is 1.40. The van der Waals surface area contributed by atoms with Crippen LogP contribution in [0, 0.1) is 10.1 Å². The van der Waals surface area contributed by atoms with Crippen molar-refractivity contribution in [1.82, 2.24) is 4.72 Å². The highest BCUT2D eigenvalue weighted by Crippen LogP contribution is 2.27. The van der Waals surface area contributed by atoms with Gasteiger partial charge in [-0.3, -0.25) is 14.9 Å². The van der Waals surface area contributed by atoms with Gasteiger partial charge in [-0.25, -0.2) is 8.42 Å². The van der Waals surface area contributed by atoms with E-state index >= 15 is 0 Å². The van der Waals surface area contributed by atoms with Gasteiger partial charge in [-0.2, -0.15) is 4.72 Å². The number of nitro groups is 1. The fraction of sp³-hybridized carbons (Fsp3) is 0.300. The number of nitro benzene ring substituents is 1. The predicted octanol–water partition coefficient (Wildman–Crippen LogP) is -0.211. The van der Waals surface area contributed by atoms with E-state index in [0.717, 1.165) is 12.1 Å². The normalized spacial score (nSPS) is 12.7. The maximum Gasteiger partial charge on any atom is 0.291 e. The van der Waals surface area contributed by atoms with Crippen LogP contribution >= 0.6 is 0 Å². The van der Waals surface area contributed by atoms with Crippen molar-refractivity contribution in [1.29, 1.82) is 0 Å². The Morgan fingerprint density at radius 2 is 2.05 bits per heavy atom. The Labute approximate surface area is 115 Å². The van der Waals surface area contributed by atoms with E-state index < -0.39 is 37.5 Å². The quantitative estimate of drug-likeness (QED) is 0.489. The number of sulfonamides is 1. The van der Waals surface area contributed by atoms with Crippen LogP contribution < -0.4 is 15.8 Å². The molecule has 0 aromatic heterocycles. The summed E-state index contributed by atoms with van der Waals surface area (Å²) in [5, 5.41) is 13.6. The Bertz CT molecular complexity index is 643. The van der Waals surface area contributed by atoms with Gasteiger partial charge in [0.2, 0.25) is 15.9 Å². The molecule has 1 unspecified atom stereocenters. The molecule has 10 heteroatoms. The molecule has 4 N–H and O–H groups in total. The Hall–Kier alpha value is -2.20. The molecule has 110 valence electrons. The first-order valence-corrected chi connectivity index (χ1v) is 6.95. The maximum atomic E-state index is 12.0. The number of primary amides is 1. The summed E-state index contributed by atoms with van der Waals surface area (Å²) in [6.07, 6.45) is 0. The zero-order valence-corrected chi connectivity index (χ0v) is 11.6. The smallest absolute Gasteiger partial charge is 0.291 e. The second-order valence-electron chi connectivity index (χ2n) is 3.93. The second kappa shape index (κ2) is 5.84. The Kier molecular flexibility index (Phi) is 4.63. The van der Waals surface area contributed by atoms with Crippen molar-refractivity contribution < 1.29 is 18.1 Å². The van der Waals surface area contributed by atoms with Crippen LogP contribution in [-0.2, 0) is 14.8 Å². The lowest BCUT2D eigenvalue weighted by atomic mass is 10.3. The standard InChI is InChI=1S/C10H14N4O5S/c1-6(10(11)15)13-20(18,19)9-4-3-7(12-2)5-8(9)14(16)17/h3-6,12-13H,1-2H3,(H2,11,15). The minimum absolute atomic E-state index is 0.388. The molecule has 1 atom stereocenters. The number of nitrogens with two attached hydrogens (primary N) is 1. The number of benzene rings is 1. The van der Waals surface area contributed by atoms with Crippen molar-refractivity contribution >= 4 is 27.3 Å². The minimum atomic E-state index is -4.23. The van der Waals surface area contributed by atoms with E-state index in [-0.39, 0.29) is 0 Å². The summed E-state index contributed by atoms with van der Waals surface area (Å²) in [4.78, 5) is 20.5. The number of amides is 1. The third-order valence-electron chi connectivity index (χ3n) is 2.49. The fourth-order valence-corrected chi connectivity index (χ4v) is 2.76. The molecule has 0 aliphatic carbocycles. The first-order chi connectivity index (χ1) is 9.19. The lowest BCUT2D eigenvalue weighted by Gasteiger charge is -2.11. The molecular formula is C10H14N4O5S. The third-order valence-corrected chi connectivity index (χ3v) is 4.08. The van der Waals surface area contributed by atoms with Crippen LogP contribution in [0.25, 0.3) is 0 Å². The molecule has 0 bridgehead atoms. The van der Waals surface area contributed by atoms with Crippen LogP contribution in [-0.4, -0.2) is 32.3 Å². The molecule has 0 saturated heterocycles. The van der Waals surface area contributed by atoms with Gasteiger partial charge < -0.3 is 11.1 Å². The topological polar surface area (TPSA) is 144 Å². The number of carbonyl (C=O) groups excluding carboxylic acids is 1. The SMILES string of the molecule is CNc1ccc(S(=O)(=O)NC(C)C(N)=O)c([N+](=O)[O-])c1. The molecule has 1 aromatic rings. The summed E-state index contributed by atoms with van der Waals surface area (Å²) < 4.78 is 26.0. The molecule has 0 saturated carbocycles. The molecule has 1 rings (SSSR count). The molecular weight excluding hydrogens is 288 g/mol. The monoisotopic (exact) mass is 302 g/mol. The largest absolute Gasteiger partial charge is 0.388 e. The van der Waals surface area contributed by atoms with Gasteiger partial charge in [-0.1, -0.05) is 0 Å². The average Bonchev–Trinajstić information content (AvgIpc) is 2.37. The molecule has 0 radical (unpaired) electrons. The van der Waals surface area contributed by atoms with Gasteiger partial charge in [0, 0.05) is 18.8 Å². The summed E-state index contributed by atoms with van der Waals surface area (Å²) in [5.74, 6) is -0.886. The second-order valence-corrected chi connectivity index (χ2v) is 5.62. The first-order valence-electron chi connectivity index (χ1n) is 5.47. The molecule has 0 spiro atoms. The molecule has 0 heterocycles. The number of rotatable bonds is 6. The lowest BCUT2D eigenvalue weighted by Crippen LogP contribution is -2.42. The van der Waals surface area contributed by atoms with Crippen molar-refractivity contribution in [3.8, 4) is 0 Å². The molecule has 0 aliphatic rings. The predicted molar refractivity (Wildman–Crippen MR) is 71.6 cm³/mol. The van der Waals surface area contributed by atoms with E-state index in [1.807, 2.05) is 4.72 Å². The summed E-state index contributed by atoms with van der Waals surface area (Å²) in [7, 11) is -2.68. The van der Waals surface area contributed by atoms with E-state index in [1.165, 1.54) is 13.0 Å². The van der Waals surface area contributed by atoms with E-state index in [0.29, 0.717) is 5.69 Å². The average molecular weight is 302 g/mol. The van der Waals surface area contributed by atoms with Gasteiger partial charge in [0.25, 0.3) is 5.69 Å². The summed E-state index contributed by atoms with van der Waals surface area (Å²) in [5.41, 5.74) is 4.75. The van der Waals surface area contributed by atoms with Gasteiger partial charge in [0.1, 0.15) is 0 Å². The Morgan fingerprint density at radius 3 is 2.50 bits per heavy atom. The number of nitrogens with zero attached hydrogens (tertiary/aromatic N) is 1. The highest BCUT2D eigenvalue weighted by Gasteiger charge is 2.28. The highest BCUT2D eigenvalue weighted by molar-refractivity contribution is 7.89. The van der Waals surface area contributed by atoms with Gasteiger partial charge in [-0.15, -0.1) is 0 Å². The van der Waals surface area contributed by atoms with Crippen LogP contribution in [0.15, 0.2) is 23.1 Å². The summed E-state index contributed by atoms with van der Waals surface area (Å²) in [6.45, 7) is 1.24. The Balaban J connectivity index is 3.31. The van der Waals surface area contributed by atoms with Crippen LogP contribution in [0.5, 0.6) is 0 Å². The van der Waals surface area contributed by atoms with Gasteiger partial charge >= 0.3 is 0 Å². The molecule has 0 fully saturated rings. The number of nitrogens with one attached hydrogen (secondary N) is 2. The van der Waals surface area contributed by atoms with E-state index in [9.17, 15) is 23.3 Å². The molecule has 0 aliphatic heterocycles.